The molecule has 0 atom stereocenters. The Morgan fingerprint density at radius 1 is 1.26 bits per heavy atom. The van der Waals surface area contributed by atoms with E-state index in [1.165, 1.54) is 12.1 Å². The van der Waals surface area contributed by atoms with Gasteiger partial charge < -0.3 is 11.1 Å². The summed E-state index contributed by atoms with van der Waals surface area (Å²) in [6.45, 7) is 0. The van der Waals surface area contributed by atoms with E-state index in [1.54, 1.807) is 18.2 Å². The third kappa shape index (κ3) is 3.24. The van der Waals surface area contributed by atoms with E-state index in [2.05, 4.69) is 21.2 Å². The van der Waals surface area contributed by atoms with Gasteiger partial charge in [0.05, 0.1) is 16.3 Å². The molecule has 6 heteroatoms. The van der Waals surface area contributed by atoms with Crippen molar-refractivity contribution >= 4 is 44.8 Å². The van der Waals surface area contributed by atoms with Crippen LogP contribution in [0.25, 0.3) is 0 Å². The first-order chi connectivity index (χ1) is 8.97. The Kier molecular flexibility index (Phi) is 4.07. The monoisotopic (exact) mass is 342 g/mol. The number of carbonyl (C=O) groups excluding carboxylic acids is 1. The number of nitrogens with two attached hydrogens (primary N) is 1. The number of benzene rings is 2. The molecule has 2 aromatic carbocycles. The number of hydrogen-bond donors (Lipinski definition) is 2. The molecule has 0 aromatic heterocycles. The molecule has 3 nitrogen and oxygen atoms in total. The first-order valence-electron chi connectivity index (χ1n) is 5.29. The van der Waals surface area contributed by atoms with Gasteiger partial charge in [-0.05, 0) is 36.4 Å². The molecular formula is C13H9BrClFN2O. The summed E-state index contributed by atoms with van der Waals surface area (Å²) in [6.07, 6.45) is 0. The van der Waals surface area contributed by atoms with E-state index in [9.17, 15) is 9.18 Å². The standard InChI is InChI=1S/C13H9BrClFN2O/c14-7-1-4-12(10(15)5-7)18-13(19)9-3-2-8(16)6-11(9)17/h1-6H,17H2,(H,18,19). The van der Waals surface area contributed by atoms with Gasteiger partial charge in [-0.3, -0.25) is 4.79 Å². The molecule has 0 aliphatic rings. The molecule has 2 aromatic rings. The third-order valence-corrected chi connectivity index (χ3v) is 3.24. The molecule has 98 valence electrons. The van der Waals surface area contributed by atoms with Gasteiger partial charge in [0.2, 0.25) is 0 Å². The molecule has 0 aliphatic heterocycles. The number of nitrogens with one attached hydrogen (secondary N) is 1. The summed E-state index contributed by atoms with van der Waals surface area (Å²) < 4.78 is 13.7. The zero-order valence-electron chi connectivity index (χ0n) is 9.58. The number of rotatable bonds is 2. The molecule has 1 amide bonds. The fraction of sp³-hybridized carbons (Fsp3) is 0. The molecular weight excluding hydrogens is 335 g/mol. The van der Waals surface area contributed by atoms with Gasteiger partial charge in [-0.15, -0.1) is 0 Å². The maximum Gasteiger partial charge on any atom is 0.257 e. The topological polar surface area (TPSA) is 55.1 Å². The van der Waals surface area contributed by atoms with Gasteiger partial charge in [-0.1, -0.05) is 27.5 Å². The van der Waals surface area contributed by atoms with Crippen LogP contribution in [-0.2, 0) is 0 Å². The van der Waals surface area contributed by atoms with Crippen LogP contribution in [0.3, 0.4) is 0 Å². The van der Waals surface area contributed by atoms with Crippen molar-refractivity contribution in [1.29, 1.82) is 0 Å². The van der Waals surface area contributed by atoms with Crippen molar-refractivity contribution < 1.29 is 9.18 Å². The number of hydrogen-bond acceptors (Lipinski definition) is 2. The van der Waals surface area contributed by atoms with Crippen molar-refractivity contribution in [2.24, 2.45) is 0 Å². The van der Waals surface area contributed by atoms with Crippen molar-refractivity contribution in [3.63, 3.8) is 0 Å². The molecule has 0 spiro atoms. The molecule has 0 radical (unpaired) electrons. The van der Waals surface area contributed by atoms with Crippen molar-refractivity contribution in [1.82, 2.24) is 0 Å². The maximum atomic E-state index is 12.9. The average Bonchev–Trinajstić information content (AvgIpc) is 2.32. The lowest BCUT2D eigenvalue weighted by molar-refractivity contribution is 0.102. The summed E-state index contributed by atoms with van der Waals surface area (Å²) >= 11 is 9.26. The molecule has 0 saturated heterocycles. The van der Waals surface area contributed by atoms with Crippen LogP contribution >= 0.6 is 27.5 Å². The van der Waals surface area contributed by atoms with Gasteiger partial charge in [0.15, 0.2) is 0 Å². The maximum absolute atomic E-state index is 12.9. The summed E-state index contributed by atoms with van der Waals surface area (Å²) in [5, 5.41) is 3.01. The van der Waals surface area contributed by atoms with Crippen molar-refractivity contribution in [2.75, 3.05) is 11.1 Å². The molecule has 0 unspecified atom stereocenters. The minimum absolute atomic E-state index is 0.0748. The molecule has 2 rings (SSSR count). The smallest absolute Gasteiger partial charge is 0.257 e. The van der Waals surface area contributed by atoms with Crippen LogP contribution in [0.1, 0.15) is 10.4 Å². The fourth-order valence-corrected chi connectivity index (χ4v) is 2.24. The minimum atomic E-state index is -0.490. The Bertz CT molecular complexity index is 649. The van der Waals surface area contributed by atoms with Crippen molar-refractivity contribution in [3.8, 4) is 0 Å². The second kappa shape index (κ2) is 5.59. The quantitative estimate of drug-likeness (QED) is 0.807. The molecule has 0 heterocycles. The van der Waals surface area contributed by atoms with Crippen LogP contribution in [0.2, 0.25) is 5.02 Å². The predicted molar refractivity (Wildman–Crippen MR) is 77.9 cm³/mol. The van der Waals surface area contributed by atoms with Crippen LogP contribution in [0.5, 0.6) is 0 Å². The normalized spacial score (nSPS) is 10.3. The summed E-state index contributed by atoms with van der Waals surface area (Å²) in [4.78, 5) is 12.0. The highest BCUT2D eigenvalue weighted by Gasteiger charge is 2.12. The van der Waals surface area contributed by atoms with E-state index in [4.69, 9.17) is 17.3 Å². The Morgan fingerprint density at radius 3 is 2.63 bits per heavy atom. The lowest BCUT2D eigenvalue weighted by atomic mass is 10.1. The summed E-state index contributed by atoms with van der Waals surface area (Å²) in [7, 11) is 0. The lowest BCUT2D eigenvalue weighted by Crippen LogP contribution is -2.14. The zero-order chi connectivity index (χ0) is 14.0. The molecule has 0 saturated carbocycles. The molecule has 0 aliphatic carbocycles. The summed E-state index contributed by atoms with van der Waals surface area (Å²) in [6, 6.07) is 8.66. The van der Waals surface area contributed by atoms with E-state index >= 15 is 0 Å². The first-order valence-corrected chi connectivity index (χ1v) is 6.46. The molecule has 0 fully saturated rings. The predicted octanol–water partition coefficient (Wildman–Crippen LogP) is 4.08. The number of halogens is 3. The van der Waals surface area contributed by atoms with E-state index in [0.717, 1.165) is 10.5 Å². The Balaban J connectivity index is 2.25. The number of amides is 1. The minimum Gasteiger partial charge on any atom is -0.398 e. The third-order valence-electron chi connectivity index (χ3n) is 2.44. The summed E-state index contributed by atoms with van der Waals surface area (Å²) in [5.74, 6) is -0.933. The fourth-order valence-electron chi connectivity index (χ4n) is 1.52. The van der Waals surface area contributed by atoms with Crippen LogP contribution in [-0.4, -0.2) is 5.91 Å². The number of nitrogen functional groups attached to an aromatic ring is 1. The van der Waals surface area contributed by atoms with Crippen molar-refractivity contribution in [3.05, 3.63) is 57.3 Å². The zero-order valence-corrected chi connectivity index (χ0v) is 11.9. The second-order valence-electron chi connectivity index (χ2n) is 3.81. The highest BCUT2D eigenvalue weighted by Crippen LogP contribution is 2.26. The number of anilines is 2. The average molecular weight is 344 g/mol. The Hall–Kier alpha value is -1.59. The van der Waals surface area contributed by atoms with Gasteiger partial charge >= 0.3 is 0 Å². The van der Waals surface area contributed by atoms with Gasteiger partial charge in [0, 0.05) is 10.2 Å². The Morgan fingerprint density at radius 2 is 2.00 bits per heavy atom. The summed E-state index contributed by atoms with van der Waals surface area (Å²) in [5.41, 5.74) is 6.32. The van der Waals surface area contributed by atoms with Crippen LogP contribution in [0, 0.1) is 5.82 Å². The van der Waals surface area contributed by atoms with Crippen LogP contribution in [0.15, 0.2) is 40.9 Å². The van der Waals surface area contributed by atoms with Crippen molar-refractivity contribution in [2.45, 2.75) is 0 Å². The van der Waals surface area contributed by atoms with E-state index in [-0.39, 0.29) is 11.3 Å². The molecule has 19 heavy (non-hydrogen) atoms. The van der Waals surface area contributed by atoms with Gasteiger partial charge in [-0.2, -0.15) is 0 Å². The number of carbonyl (C=O) groups is 1. The van der Waals surface area contributed by atoms with Crippen LogP contribution < -0.4 is 11.1 Å². The molecule has 3 N–H and O–H groups in total. The Labute approximate surface area is 122 Å². The van der Waals surface area contributed by atoms with Gasteiger partial charge in [0.25, 0.3) is 5.91 Å². The van der Waals surface area contributed by atoms with Crippen LogP contribution in [0.4, 0.5) is 15.8 Å². The lowest BCUT2D eigenvalue weighted by Gasteiger charge is -2.09. The highest BCUT2D eigenvalue weighted by molar-refractivity contribution is 9.10. The first kappa shape index (κ1) is 13.8. The van der Waals surface area contributed by atoms with E-state index in [0.29, 0.717) is 10.7 Å². The second-order valence-corrected chi connectivity index (χ2v) is 5.13. The van der Waals surface area contributed by atoms with E-state index in [1.807, 2.05) is 0 Å². The van der Waals surface area contributed by atoms with Gasteiger partial charge in [-0.25, -0.2) is 4.39 Å². The van der Waals surface area contributed by atoms with E-state index < -0.39 is 11.7 Å². The largest absolute Gasteiger partial charge is 0.398 e. The highest BCUT2D eigenvalue weighted by atomic mass is 79.9. The van der Waals surface area contributed by atoms with Gasteiger partial charge in [0.1, 0.15) is 5.82 Å². The SMILES string of the molecule is Nc1cc(F)ccc1C(=O)Nc1ccc(Br)cc1Cl. The molecule has 0 bridgehead atoms.